The SMILES string of the molecule is O=C1c2ccccc2C(=O)N1c1cc(Cl)c(Cl)c(OC(F)(F)F)c1. The van der Waals surface area contributed by atoms with Gasteiger partial charge >= 0.3 is 6.36 Å². The van der Waals surface area contributed by atoms with Gasteiger partial charge in [-0.3, -0.25) is 9.59 Å². The molecule has 0 saturated heterocycles. The molecule has 9 heteroatoms. The van der Waals surface area contributed by atoms with Crippen molar-refractivity contribution in [2.45, 2.75) is 6.36 Å². The van der Waals surface area contributed by atoms with Crippen LogP contribution in [0.25, 0.3) is 0 Å². The fraction of sp³-hybridized carbons (Fsp3) is 0.0667. The monoisotopic (exact) mass is 375 g/mol. The Morgan fingerprint density at radius 1 is 0.958 bits per heavy atom. The lowest BCUT2D eigenvalue weighted by Crippen LogP contribution is -2.29. The largest absolute Gasteiger partial charge is 0.573 e. The van der Waals surface area contributed by atoms with E-state index in [2.05, 4.69) is 4.74 Å². The third-order valence-electron chi connectivity index (χ3n) is 3.26. The molecule has 24 heavy (non-hydrogen) atoms. The third-order valence-corrected chi connectivity index (χ3v) is 4.04. The molecule has 0 atom stereocenters. The highest BCUT2D eigenvalue weighted by atomic mass is 35.5. The van der Waals surface area contributed by atoms with Gasteiger partial charge in [-0.25, -0.2) is 4.90 Å². The molecule has 0 spiro atoms. The smallest absolute Gasteiger partial charge is 0.404 e. The zero-order valence-electron chi connectivity index (χ0n) is 11.5. The molecule has 0 radical (unpaired) electrons. The molecule has 2 aromatic rings. The van der Waals surface area contributed by atoms with Gasteiger partial charge in [-0.05, 0) is 18.2 Å². The summed E-state index contributed by atoms with van der Waals surface area (Å²) in [4.78, 5) is 25.5. The number of hydrogen-bond acceptors (Lipinski definition) is 3. The van der Waals surface area contributed by atoms with E-state index in [1.165, 1.54) is 12.1 Å². The van der Waals surface area contributed by atoms with Crippen molar-refractivity contribution in [3.63, 3.8) is 0 Å². The number of carbonyl (C=O) groups is 2. The van der Waals surface area contributed by atoms with Crippen LogP contribution in [0.1, 0.15) is 20.7 Å². The average molecular weight is 376 g/mol. The van der Waals surface area contributed by atoms with E-state index < -0.39 is 28.9 Å². The molecule has 1 aliphatic rings. The van der Waals surface area contributed by atoms with Crippen molar-refractivity contribution in [2.24, 2.45) is 0 Å². The Labute approximate surface area is 143 Å². The molecule has 1 aliphatic heterocycles. The van der Waals surface area contributed by atoms with Crippen molar-refractivity contribution >= 4 is 40.7 Å². The zero-order chi connectivity index (χ0) is 17.6. The fourth-order valence-corrected chi connectivity index (χ4v) is 2.65. The molecule has 2 amide bonds. The Balaban J connectivity index is 2.08. The number of hydrogen-bond donors (Lipinski definition) is 0. The number of carbonyl (C=O) groups excluding carboxylic acids is 2. The van der Waals surface area contributed by atoms with E-state index in [-0.39, 0.29) is 21.8 Å². The Morgan fingerprint density at radius 3 is 2.00 bits per heavy atom. The second kappa shape index (κ2) is 5.68. The van der Waals surface area contributed by atoms with Crippen LogP contribution in [0.3, 0.4) is 0 Å². The number of ether oxygens (including phenoxy) is 1. The van der Waals surface area contributed by atoms with Crippen LogP contribution in [0, 0.1) is 0 Å². The number of imide groups is 1. The Morgan fingerprint density at radius 2 is 1.50 bits per heavy atom. The van der Waals surface area contributed by atoms with Gasteiger partial charge < -0.3 is 4.74 Å². The van der Waals surface area contributed by atoms with Crippen LogP contribution in [-0.4, -0.2) is 18.2 Å². The van der Waals surface area contributed by atoms with Crippen LogP contribution in [0.2, 0.25) is 10.0 Å². The Hall–Kier alpha value is -2.25. The van der Waals surface area contributed by atoms with E-state index in [0.29, 0.717) is 0 Å². The van der Waals surface area contributed by atoms with Crippen molar-refractivity contribution in [3.05, 3.63) is 57.6 Å². The molecule has 0 unspecified atom stereocenters. The van der Waals surface area contributed by atoms with Crippen LogP contribution in [0.5, 0.6) is 5.75 Å². The second-order valence-corrected chi connectivity index (χ2v) is 5.56. The van der Waals surface area contributed by atoms with Crippen molar-refractivity contribution in [1.29, 1.82) is 0 Å². The standard InChI is InChI=1S/C15H6Cl2F3NO3/c16-10-5-7(6-11(12(10)17)24-15(18,19)20)21-13(22)8-3-1-2-4-9(8)14(21)23/h1-6H. The summed E-state index contributed by atoms with van der Waals surface area (Å²) in [5.74, 6) is -2.15. The van der Waals surface area contributed by atoms with E-state index in [1.807, 2.05) is 0 Å². The number of alkyl halides is 3. The first kappa shape index (κ1) is 16.6. The fourth-order valence-electron chi connectivity index (χ4n) is 2.30. The van der Waals surface area contributed by atoms with Crippen LogP contribution >= 0.6 is 23.2 Å². The highest BCUT2D eigenvalue weighted by Crippen LogP contribution is 2.40. The second-order valence-electron chi connectivity index (χ2n) is 4.78. The van der Waals surface area contributed by atoms with Crippen LogP contribution < -0.4 is 9.64 Å². The topological polar surface area (TPSA) is 46.6 Å². The molecule has 4 nitrogen and oxygen atoms in total. The van der Waals surface area contributed by atoms with Crippen molar-refractivity contribution in [1.82, 2.24) is 0 Å². The summed E-state index contributed by atoms with van der Waals surface area (Å²) in [6.45, 7) is 0. The minimum absolute atomic E-state index is 0.145. The first-order valence-corrected chi connectivity index (χ1v) is 7.17. The number of anilines is 1. The van der Waals surface area contributed by atoms with Crippen molar-refractivity contribution < 1.29 is 27.5 Å². The molecule has 3 rings (SSSR count). The molecule has 0 N–H and O–H groups in total. The summed E-state index contributed by atoms with van der Waals surface area (Å²) >= 11 is 11.5. The average Bonchev–Trinajstić information content (AvgIpc) is 2.75. The number of rotatable bonds is 2. The number of halogens is 5. The maximum atomic E-state index is 12.5. The summed E-state index contributed by atoms with van der Waals surface area (Å²) in [5.41, 5.74) is 0.119. The van der Waals surface area contributed by atoms with Crippen molar-refractivity contribution in [2.75, 3.05) is 4.90 Å². The van der Waals surface area contributed by atoms with Crippen LogP contribution in [0.4, 0.5) is 18.9 Å². The quantitative estimate of drug-likeness (QED) is 0.715. The maximum absolute atomic E-state index is 12.5. The van der Waals surface area contributed by atoms with Gasteiger partial charge in [-0.15, -0.1) is 13.2 Å². The van der Waals surface area contributed by atoms with E-state index in [9.17, 15) is 22.8 Å². The maximum Gasteiger partial charge on any atom is 0.573 e. The van der Waals surface area contributed by atoms with Crippen molar-refractivity contribution in [3.8, 4) is 5.75 Å². The predicted octanol–water partition coefficient (Wildman–Crippen LogP) is 4.69. The van der Waals surface area contributed by atoms with Gasteiger partial charge in [0.2, 0.25) is 0 Å². The highest BCUT2D eigenvalue weighted by Gasteiger charge is 2.38. The van der Waals surface area contributed by atoms with Gasteiger partial charge in [0, 0.05) is 6.07 Å². The predicted molar refractivity (Wildman–Crippen MR) is 80.7 cm³/mol. The normalized spacial score (nSPS) is 14.1. The molecule has 0 fully saturated rings. The molecular weight excluding hydrogens is 370 g/mol. The summed E-state index contributed by atoms with van der Waals surface area (Å²) in [7, 11) is 0. The molecule has 0 aliphatic carbocycles. The molecule has 124 valence electrons. The van der Waals surface area contributed by atoms with E-state index in [4.69, 9.17) is 23.2 Å². The minimum atomic E-state index is -5.01. The van der Waals surface area contributed by atoms with Gasteiger partial charge in [0.25, 0.3) is 11.8 Å². The van der Waals surface area contributed by atoms with Crippen LogP contribution in [-0.2, 0) is 0 Å². The first-order valence-electron chi connectivity index (χ1n) is 6.41. The highest BCUT2D eigenvalue weighted by molar-refractivity contribution is 6.43. The number of benzene rings is 2. The van der Waals surface area contributed by atoms with Gasteiger partial charge in [-0.1, -0.05) is 35.3 Å². The molecule has 0 saturated carbocycles. The number of fused-ring (bicyclic) bond motifs is 1. The van der Waals surface area contributed by atoms with E-state index in [1.54, 1.807) is 12.1 Å². The molecule has 1 heterocycles. The molecular formula is C15H6Cl2F3NO3. The first-order chi connectivity index (χ1) is 11.2. The zero-order valence-corrected chi connectivity index (χ0v) is 13.0. The van der Waals surface area contributed by atoms with Gasteiger partial charge in [0.1, 0.15) is 5.02 Å². The van der Waals surface area contributed by atoms with Crippen LogP contribution in [0.15, 0.2) is 36.4 Å². The Bertz CT molecular complexity index is 833. The van der Waals surface area contributed by atoms with Gasteiger partial charge in [0.15, 0.2) is 5.75 Å². The lowest BCUT2D eigenvalue weighted by Gasteiger charge is -2.17. The molecule has 0 aromatic heterocycles. The summed E-state index contributed by atoms with van der Waals surface area (Å²) < 4.78 is 41.2. The summed E-state index contributed by atoms with van der Waals surface area (Å²) in [5, 5.41) is -0.765. The summed E-state index contributed by atoms with van der Waals surface area (Å²) in [6.07, 6.45) is -5.01. The Kier molecular flexibility index (Phi) is 3.93. The lowest BCUT2D eigenvalue weighted by atomic mass is 10.1. The van der Waals surface area contributed by atoms with E-state index in [0.717, 1.165) is 17.0 Å². The lowest BCUT2D eigenvalue weighted by molar-refractivity contribution is -0.274. The minimum Gasteiger partial charge on any atom is -0.404 e. The van der Waals surface area contributed by atoms with Gasteiger partial charge in [-0.2, -0.15) is 0 Å². The van der Waals surface area contributed by atoms with E-state index >= 15 is 0 Å². The molecule has 0 bridgehead atoms. The van der Waals surface area contributed by atoms with Gasteiger partial charge in [0.05, 0.1) is 21.8 Å². The summed E-state index contributed by atoms with van der Waals surface area (Å²) in [6, 6.07) is 7.99. The number of amides is 2. The third kappa shape index (κ3) is 2.81. The molecule has 2 aromatic carbocycles. The number of nitrogens with zero attached hydrogens (tertiary/aromatic N) is 1.